The quantitative estimate of drug-likeness (QED) is 0.897. The summed E-state index contributed by atoms with van der Waals surface area (Å²) in [7, 11) is 3.97. The van der Waals surface area contributed by atoms with Crippen LogP contribution in [-0.4, -0.2) is 19.1 Å². The zero-order valence-electron chi connectivity index (χ0n) is 11.1. The van der Waals surface area contributed by atoms with E-state index in [9.17, 15) is 0 Å². The topological polar surface area (TPSA) is 42.2 Å². The number of aryl methyl sites for hydroxylation is 1. The van der Waals surface area contributed by atoms with Crippen molar-refractivity contribution >= 4 is 5.82 Å². The van der Waals surface area contributed by atoms with Gasteiger partial charge in [-0.15, -0.1) is 0 Å². The second-order valence-corrected chi connectivity index (χ2v) is 4.68. The summed E-state index contributed by atoms with van der Waals surface area (Å²) in [4.78, 5) is 6.42. The Balaban J connectivity index is 2.34. The Kier molecular flexibility index (Phi) is 3.63. The molecule has 0 spiro atoms. The van der Waals surface area contributed by atoms with E-state index in [4.69, 9.17) is 5.73 Å². The van der Waals surface area contributed by atoms with Gasteiger partial charge in [-0.1, -0.05) is 30.3 Å². The van der Waals surface area contributed by atoms with Crippen LogP contribution in [0.25, 0.3) is 0 Å². The third-order valence-electron chi connectivity index (χ3n) is 3.09. The van der Waals surface area contributed by atoms with Crippen molar-refractivity contribution in [2.75, 3.05) is 19.0 Å². The number of anilines is 1. The smallest absolute Gasteiger partial charge is 0.128 e. The maximum Gasteiger partial charge on any atom is 0.128 e. The lowest BCUT2D eigenvalue weighted by Gasteiger charge is -2.18. The van der Waals surface area contributed by atoms with Gasteiger partial charge in [0.05, 0.1) is 6.04 Å². The summed E-state index contributed by atoms with van der Waals surface area (Å²) in [6.45, 7) is 2.08. The SMILES string of the molecule is Cc1cc(N(C)C)ncc1[C@@H](N)c1ccccc1. The van der Waals surface area contributed by atoms with Gasteiger partial charge in [-0.3, -0.25) is 0 Å². The average Bonchev–Trinajstić information content (AvgIpc) is 2.38. The van der Waals surface area contributed by atoms with Crippen molar-refractivity contribution < 1.29 is 0 Å². The molecule has 1 heterocycles. The van der Waals surface area contributed by atoms with Crippen molar-refractivity contribution in [3.05, 3.63) is 59.3 Å². The Bertz CT molecular complexity index is 521. The monoisotopic (exact) mass is 241 g/mol. The maximum absolute atomic E-state index is 6.29. The third kappa shape index (κ3) is 2.51. The molecule has 3 nitrogen and oxygen atoms in total. The second-order valence-electron chi connectivity index (χ2n) is 4.68. The fourth-order valence-electron chi connectivity index (χ4n) is 1.96. The molecule has 0 bridgehead atoms. The van der Waals surface area contributed by atoms with Crippen molar-refractivity contribution in [1.82, 2.24) is 4.98 Å². The van der Waals surface area contributed by atoms with Crippen LogP contribution >= 0.6 is 0 Å². The van der Waals surface area contributed by atoms with Crippen LogP contribution in [0.1, 0.15) is 22.7 Å². The summed E-state index contributed by atoms with van der Waals surface area (Å²) in [6.07, 6.45) is 1.88. The maximum atomic E-state index is 6.29. The summed E-state index contributed by atoms with van der Waals surface area (Å²) < 4.78 is 0. The van der Waals surface area contributed by atoms with Gasteiger partial charge >= 0.3 is 0 Å². The normalized spacial score (nSPS) is 12.2. The first-order chi connectivity index (χ1) is 8.59. The summed E-state index contributed by atoms with van der Waals surface area (Å²) in [5, 5.41) is 0. The zero-order valence-corrected chi connectivity index (χ0v) is 11.1. The Labute approximate surface area is 108 Å². The van der Waals surface area contributed by atoms with Crippen LogP contribution in [0.3, 0.4) is 0 Å². The number of pyridine rings is 1. The standard InChI is InChI=1S/C15H19N3/c1-11-9-14(18(2)3)17-10-13(11)15(16)12-7-5-4-6-8-12/h4-10,15H,16H2,1-3H3/t15-/m0/s1. The fourth-order valence-corrected chi connectivity index (χ4v) is 1.96. The molecule has 0 aliphatic rings. The van der Waals surface area contributed by atoms with E-state index in [1.54, 1.807) is 0 Å². The number of nitrogens with two attached hydrogens (primary N) is 1. The van der Waals surface area contributed by atoms with E-state index in [2.05, 4.69) is 18.0 Å². The minimum Gasteiger partial charge on any atom is -0.363 e. The molecule has 1 aromatic carbocycles. The lowest BCUT2D eigenvalue weighted by molar-refractivity contribution is 0.850. The summed E-state index contributed by atoms with van der Waals surface area (Å²) in [5.74, 6) is 0.955. The highest BCUT2D eigenvalue weighted by molar-refractivity contribution is 5.44. The molecule has 0 fully saturated rings. The Morgan fingerprint density at radius 3 is 2.39 bits per heavy atom. The van der Waals surface area contributed by atoms with Gasteiger partial charge in [-0.05, 0) is 29.7 Å². The van der Waals surface area contributed by atoms with Crippen molar-refractivity contribution in [3.63, 3.8) is 0 Å². The predicted octanol–water partition coefficient (Wildman–Crippen LogP) is 2.50. The molecular weight excluding hydrogens is 222 g/mol. The van der Waals surface area contributed by atoms with Gasteiger partial charge < -0.3 is 10.6 Å². The van der Waals surface area contributed by atoms with Crippen LogP contribution in [0.4, 0.5) is 5.82 Å². The molecular formula is C15H19N3. The first-order valence-electron chi connectivity index (χ1n) is 6.04. The summed E-state index contributed by atoms with van der Waals surface area (Å²) in [6, 6.07) is 12.1. The molecule has 1 aromatic heterocycles. The highest BCUT2D eigenvalue weighted by Gasteiger charge is 2.12. The van der Waals surface area contributed by atoms with Crippen LogP contribution in [0.15, 0.2) is 42.6 Å². The van der Waals surface area contributed by atoms with Gasteiger partial charge in [-0.25, -0.2) is 4.98 Å². The molecule has 0 unspecified atom stereocenters. The van der Waals surface area contributed by atoms with E-state index in [0.717, 1.165) is 16.9 Å². The van der Waals surface area contributed by atoms with E-state index in [-0.39, 0.29) is 6.04 Å². The number of hydrogen-bond donors (Lipinski definition) is 1. The average molecular weight is 241 g/mol. The summed E-state index contributed by atoms with van der Waals surface area (Å²) in [5.41, 5.74) is 9.65. The molecule has 1 atom stereocenters. The Morgan fingerprint density at radius 1 is 1.17 bits per heavy atom. The number of hydrogen-bond acceptors (Lipinski definition) is 3. The molecule has 0 saturated heterocycles. The van der Waals surface area contributed by atoms with Crippen LogP contribution in [0, 0.1) is 6.92 Å². The highest BCUT2D eigenvalue weighted by atomic mass is 15.1. The van der Waals surface area contributed by atoms with Crippen LogP contribution in [0.5, 0.6) is 0 Å². The van der Waals surface area contributed by atoms with Gasteiger partial charge in [0.2, 0.25) is 0 Å². The molecule has 0 amide bonds. The minimum absolute atomic E-state index is 0.116. The number of aromatic nitrogens is 1. The van der Waals surface area contributed by atoms with Crippen molar-refractivity contribution in [2.45, 2.75) is 13.0 Å². The van der Waals surface area contributed by atoms with E-state index in [1.165, 1.54) is 5.56 Å². The van der Waals surface area contributed by atoms with E-state index in [1.807, 2.05) is 55.5 Å². The van der Waals surface area contributed by atoms with E-state index >= 15 is 0 Å². The lowest BCUT2D eigenvalue weighted by Crippen LogP contribution is -2.16. The Hall–Kier alpha value is -1.87. The third-order valence-corrected chi connectivity index (χ3v) is 3.09. The van der Waals surface area contributed by atoms with Crippen molar-refractivity contribution in [2.24, 2.45) is 5.73 Å². The number of benzene rings is 1. The summed E-state index contributed by atoms with van der Waals surface area (Å²) >= 11 is 0. The van der Waals surface area contributed by atoms with Gasteiger partial charge in [0, 0.05) is 20.3 Å². The van der Waals surface area contributed by atoms with Crippen molar-refractivity contribution in [3.8, 4) is 0 Å². The van der Waals surface area contributed by atoms with Crippen LogP contribution in [-0.2, 0) is 0 Å². The molecule has 2 rings (SSSR count). The van der Waals surface area contributed by atoms with Crippen molar-refractivity contribution in [1.29, 1.82) is 0 Å². The first-order valence-corrected chi connectivity index (χ1v) is 6.04. The number of nitrogens with zero attached hydrogens (tertiary/aromatic N) is 2. The van der Waals surface area contributed by atoms with Gasteiger partial charge in [0.25, 0.3) is 0 Å². The molecule has 0 aliphatic heterocycles. The zero-order chi connectivity index (χ0) is 13.1. The number of rotatable bonds is 3. The highest BCUT2D eigenvalue weighted by Crippen LogP contribution is 2.23. The first kappa shape index (κ1) is 12.6. The lowest BCUT2D eigenvalue weighted by atomic mass is 9.97. The van der Waals surface area contributed by atoms with E-state index in [0.29, 0.717) is 0 Å². The second kappa shape index (κ2) is 5.19. The molecule has 3 heteroatoms. The van der Waals surface area contributed by atoms with Crippen LogP contribution < -0.4 is 10.6 Å². The molecule has 2 aromatic rings. The van der Waals surface area contributed by atoms with E-state index < -0.39 is 0 Å². The molecule has 0 aliphatic carbocycles. The molecule has 94 valence electrons. The van der Waals surface area contributed by atoms with Gasteiger partial charge in [0.1, 0.15) is 5.82 Å². The predicted molar refractivity (Wildman–Crippen MR) is 75.8 cm³/mol. The molecule has 0 radical (unpaired) electrons. The van der Waals surface area contributed by atoms with Gasteiger partial charge in [-0.2, -0.15) is 0 Å². The van der Waals surface area contributed by atoms with Crippen LogP contribution in [0.2, 0.25) is 0 Å². The Morgan fingerprint density at radius 2 is 1.83 bits per heavy atom. The molecule has 0 saturated carbocycles. The largest absolute Gasteiger partial charge is 0.363 e. The molecule has 18 heavy (non-hydrogen) atoms. The van der Waals surface area contributed by atoms with Gasteiger partial charge in [0.15, 0.2) is 0 Å². The fraction of sp³-hybridized carbons (Fsp3) is 0.267. The minimum atomic E-state index is -0.116. The molecule has 2 N–H and O–H groups in total.